The summed E-state index contributed by atoms with van der Waals surface area (Å²) in [6.45, 7) is 15.1. The molecular weight excluding hydrogens is 470 g/mol. The number of anilines is 1. The van der Waals surface area contributed by atoms with Crippen LogP contribution in [0.25, 0.3) is 0 Å². The van der Waals surface area contributed by atoms with Crippen molar-refractivity contribution in [1.82, 2.24) is 4.90 Å². The molecule has 0 bridgehead atoms. The minimum Gasteiger partial charge on any atom is -0.458 e. The van der Waals surface area contributed by atoms with E-state index in [0.717, 1.165) is 30.5 Å². The van der Waals surface area contributed by atoms with Gasteiger partial charge in [-0.1, -0.05) is 27.2 Å². The third-order valence-electron chi connectivity index (χ3n) is 9.59. The first-order valence-corrected chi connectivity index (χ1v) is 13.9. The largest absolute Gasteiger partial charge is 0.458 e. The standard InChI is InChI=1S/C29H43N3O5/c1-8-27(6,7)28-9-10-29(28,36-21-14-20(21)28)24(33)35-22-16-32(25(34)37-26(3,4)5)15-18(22)13-19-11-17(2)12-23(30)31-19/h11-12,18,20-22H,8-10,13-16H2,1-7H3,(H2,30,31)/p+1. The number of hydrogen-bond donors (Lipinski definition) is 1. The first-order chi connectivity index (χ1) is 17.2. The summed E-state index contributed by atoms with van der Waals surface area (Å²) in [5, 5.41) is 0. The Bertz CT molecular complexity index is 1080. The third-order valence-corrected chi connectivity index (χ3v) is 9.59. The molecule has 0 radical (unpaired) electrons. The summed E-state index contributed by atoms with van der Waals surface area (Å²) >= 11 is 0. The van der Waals surface area contributed by atoms with Crippen LogP contribution in [-0.4, -0.2) is 53.5 Å². The third kappa shape index (κ3) is 4.19. The zero-order valence-electron chi connectivity index (χ0n) is 23.5. The number of pyridine rings is 1. The normalized spacial score (nSPS) is 34.4. The van der Waals surface area contributed by atoms with Crippen LogP contribution in [0.2, 0.25) is 0 Å². The predicted octanol–water partition coefficient (Wildman–Crippen LogP) is 4.09. The summed E-state index contributed by atoms with van der Waals surface area (Å²) in [4.78, 5) is 31.9. The van der Waals surface area contributed by atoms with Gasteiger partial charge in [0.15, 0.2) is 5.60 Å². The lowest BCUT2D eigenvalue weighted by Crippen LogP contribution is -2.68. The zero-order chi connectivity index (χ0) is 27.0. The number of carbonyl (C=O) groups excluding carboxylic acids is 2. The average molecular weight is 515 g/mol. The van der Waals surface area contributed by atoms with Crippen molar-refractivity contribution >= 4 is 17.9 Å². The second kappa shape index (κ2) is 8.58. The molecule has 1 aromatic rings. The molecule has 2 aliphatic carbocycles. The molecule has 204 valence electrons. The molecule has 4 aliphatic rings. The number of aromatic nitrogens is 1. The molecule has 0 spiro atoms. The van der Waals surface area contributed by atoms with Crippen molar-refractivity contribution in [2.45, 2.75) is 104 Å². The molecule has 2 aliphatic heterocycles. The van der Waals surface area contributed by atoms with E-state index in [4.69, 9.17) is 19.9 Å². The number of nitrogens with two attached hydrogens (primary N) is 1. The smallest absolute Gasteiger partial charge is 0.410 e. The lowest BCUT2D eigenvalue weighted by atomic mass is 9.44. The highest BCUT2D eigenvalue weighted by Crippen LogP contribution is 2.78. The van der Waals surface area contributed by atoms with Gasteiger partial charge >= 0.3 is 12.1 Å². The first kappa shape index (κ1) is 26.3. The molecule has 6 unspecified atom stereocenters. The number of esters is 1. The summed E-state index contributed by atoms with van der Waals surface area (Å²) in [6, 6.07) is 3.94. The summed E-state index contributed by atoms with van der Waals surface area (Å²) in [5.74, 6) is 0.687. The fourth-order valence-corrected chi connectivity index (χ4v) is 7.47. The van der Waals surface area contributed by atoms with E-state index in [1.807, 2.05) is 33.8 Å². The number of carbonyl (C=O) groups is 2. The van der Waals surface area contributed by atoms with Gasteiger partial charge in [0.2, 0.25) is 0 Å². The van der Waals surface area contributed by atoms with Gasteiger partial charge in [0, 0.05) is 30.4 Å². The highest BCUT2D eigenvalue weighted by molar-refractivity contribution is 5.84. The molecule has 2 saturated heterocycles. The Morgan fingerprint density at radius 1 is 1.19 bits per heavy atom. The number of aryl methyl sites for hydroxylation is 1. The van der Waals surface area contributed by atoms with Gasteiger partial charge in [0.25, 0.3) is 5.82 Å². The van der Waals surface area contributed by atoms with E-state index < -0.39 is 17.3 Å². The van der Waals surface area contributed by atoms with Gasteiger partial charge in [-0.25, -0.2) is 14.6 Å². The summed E-state index contributed by atoms with van der Waals surface area (Å²) in [6.07, 6.45) is 3.67. The van der Waals surface area contributed by atoms with Gasteiger partial charge in [-0.05, 0) is 69.9 Å². The minimum absolute atomic E-state index is 0.0220. The molecule has 1 aromatic heterocycles. The second-order valence-corrected chi connectivity index (χ2v) is 13.5. The Kier molecular flexibility index (Phi) is 6.09. The number of fused-ring (bicyclic) bond motifs is 3. The Morgan fingerprint density at radius 2 is 1.92 bits per heavy atom. The van der Waals surface area contributed by atoms with E-state index in [0.29, 0.717) is 37.7 Å². The van der Waals surface area contributed by atoms with Gasteiger partial charge in [-0.2, -0.15) is 0 Å². The quantitative estimate of drug-likeness (QED) is 0.574. The first-order valence-electron chi connectivity index (χ1n) is 13.9. The van der Waals surface area contributed by atoms with E-state index in [1.54, 1.807) is 4.90 Å². The van der Waals surface area contributed by atoms with E-state index in [1.165, 1.54) is 0 Å². The summed E-state index contributed by atoms with van der Waals surface area (Å²) in [7, 11) is 0. The summed E-state index contributed by atoms with van der Waals surface area (Å²) < 4.78 is 18.5. The number of nitrogens with one attached hydrogen (secondary N) is 1. The van der Waals surface area contributed by atoms with Gasteiger partial charge in [-0.3, -0.25) is 5.73 Å². The maximum absolute atomic E-state index is 14.0. The van der Waals surface area contributed by atoms with Crippen LogP contribution in [0, 0.1) is 29.6 Å². The van der Waals surface area contributed by atoms with Crippen LogP contribution in [0.5, 0.6) is 0 Å². The number of rotatable bonds is 6. The van der Waals surface area contributed by atoms with Gasteiger partial charge in [0.05, 0.1) is 12.6 Å². The number of nitrogen functional groups attached to an aromatic ring is 1. The fraction of sp³-hybridized carbons (Fsp3) is 0.759. The van der Waals surface area contributed by atoms with E-state index in [2.05, 4.69) is 31.8 Å². The highest BCUT2D eigenvalue weighted by Gasteiger charge is 2.83. The zero-order valence-corrected chi connectivity index (χ0v) is 23.5. The lowest BCUT2D eigenvalue weighted by molar-refractivity contribution is -0.374. The molecule has 3 heterocycles. The molecule has 6 atom stereocenters. The summed E-state index contributed by atoms with van der Waals surface area (Å²) in [5.41, 5.74) is 6.40. The molecule has 3 N–H and O–H groups in total. The predicted molar refractivity (Wildman–Crippen MR) is 138 cm³/mol. The molecule has 37 heavy (non-hydrogen) atoms. The van der Waals surface area contributed by atoms with E-state index >= 15 is 0 Å². The van der Waals surface area contributed by atoms with Crippen molar-refractivity contribution in [3.63, 3.8) is 0 Å². The number of H-pyrrole nitrogens is 1. The van der Waals surface area contributed by atoms with Crippen molar-refractivity contribution in [1.29, 1.82) is 0 Å². The number of nitrogens with zero attached hydrogens (tertiary/aromatic N) is 1. The Labute approximate surface area is 220 Å². The fourth-order valence-electron chi connectivity index (χ4n) is 7.47. The van der Waals surface area contributed by atoms with Crippen molar-refractivity contribution in [2.24, 2.45) is 22.7 Å². The minimum atomic E-state index is -0.871. The highest BCUT2D eigenvalue weighted by atomic mass is 16.6. The van der Waals surface area contributed by atoms with Crippen molar-refractivity contribution in [3.8, 4) is 0 Å². The molecule has 2 saturated carbocycles. The molecule has 8 heteroatoms. The van der Waals surface area contributed by atoms with Gasteiger partial charge in [-0.15, -0.1) is 0 Å². The number of aromatic amines is 1. The number of amides is 1. The average Bonchev–Trinajstić information content (AvgIpc) is 3.34. The number of ether oxygens (including phenoxy) is 3. The van der Waals surface area contributed by atoms with Crippen LogP contribution in [-0.2, 0) is 25.4 Å². The topological polar surface area (TPSA) is 105 Å². The van der Waals surface area contributed by atoms with Crippen LogP contribution < -0.4 is 10.7 Å². The number of hydrogen-bond acceptors (Lipinski definition) is 6. The Balaban J connectivity index is 1.39. The molecule has 1 amide bonds. The van der Waals surface area contributed by atoms with Crippen LogP contribution >= 0.6 is 0 Å². The molecule has 8 nitrogen and oxygen atoms in total. The Hall–Kier alpha value is -2.35. The van der Waals surface area contributed by atoms with E-state index in [9.17, 15) is 9.59 Å². The van der Waals surface area contributed by atoms with Crippen molar-refractivity contribution in [3.05, 3.63) is 23.4 Å². The lowest BCUT2D eigenvalue weighted by Gasteiger charge is -2.61. The van der Waals surface area contributed by atoms with E-state index in [-0.39, 0.29) is 34.9 Å². The molecule has 5 rings (SSSR count). The maximum atomic E-state index is 14.0. The van der Waals surface area contributed by atoms with Crippen LogP contribution in [0.3, 0.4) is 0 Å². The van der Waals surface area contributed by atoms with Gasteiger partial charge in [0.1, 0.15) is 17.4 Å². The van der Waals surface area contributed by atoms with Crippen molar-refractivity contribution in [2.75, 3.05) is 18.8 Å². The maximum Gasteiger partial charge on any atom is 0.410 e. The van der Waals surface area contributed by atoms with Crippen molar-refractivity contribution < 1.29 is 28.8 Å². The van der Waals surface area contributed by atoms with Gasteiger partial charge < -0.3 is 19.1 Å². The molecular formula is C29H44N3O5+. The van der Waals surface area contributed by atoms with Crippen LogP contribution in [0.4, 0.5) is 10.6 Å². The Morgan fingerprint density at radius 3 is 2.51 bits per heavy atom. The monoisotopic (exact) mass is 514 g/mol. The molecule has 0 aromatic carbocycles. The molecule has 4 fully saturated rings. The number of likely N-dealkylation sites (tertiary alicyclic amines) is 1. The SMILES string of the molecule is CCC(C)(C)C12CCC1(C(=O)OC1CN(C(=O)OC(C)(C)C)CC1Cc1cc(C)cc(N)[nH+]1)OC1CC12. The van der Waals surface area contributed by atoms with Crippen LogP contribution in [0.1, 0.15) is 78.5 Å². The second-order valence-electron chi connectivity index (χ2n) is 13.5. The van der Waals surface area contributed by atoms with Crippen LogP contribution in [0.15, 0.2) is 12.1 Å².